The summed E-state index contributed by atoms with van der Waals surface area (Å²) in [6.45, 7) is 0.721. The van der Waals surface area contributed by atoms with Crippen molar-refractivity contribution in [3.63, 3.8) is 0 Å². The van der Waals surface area contributed by atoms with Gasteiger partial charge in [0.05, 0.1) is 23.5 Å². The Balaban J connectivity index is 1.70. The Labute approximate surface area is 131 Å². The van der Waals surface area contributed by atoms with E-state index in [0.29, 0.717) is 17.7 Å². The molecule has 1 aliphatic rings. The van der Waals surface area contributed by atoms with Crippen LogP contribution in [-0.2, 0) is 6.54 Å². The lowest BCUT2D eigenvalue weighted by Gasteiger charge is -2.09. The van der Waals surface area contributed by atoms with Crippen molar-refractivity contribution in [3.8, 4) is 17.4 Å². The van der Waals surface area contributed by atoms with Gasteiger partial charge in [-0.2, -0.15) is 0 Å². The molecule has 1 saturated carbocycles. The maximum absolute atomic E-state index is 5.77. The first-order valence-corrected chi connectivity index (χ1v) is 7.59. The Hall–Kier alpha value is -1.66. The summed E-state index contributed by atoms with van der Waals surface area (Å²) in [6.07, 6.45) is 5.87. The van der Waals surface area contributed by atoms with Crippen molar-refractivity contribution >= 4 is 15.9 Å². The molecule has 5 nitrogen and oxygen atoms in total. The molecule has 0 radical (unpaired) electrons. The van der Waals surface area contributed by atoms with Crippen molar-refractivity contribution in [2.24, 2.45) is 0 Å². The number of halogens is 1. The molecule has 0 unspecified atom stereocenters. The minimum absolute atomic E-state index is 0.482. The lowest BCUT2D eigenvalue weighted by molar-refractivity contribution is 0.411. The smallest absolute Gasteiger partial charge is 0.238 e. The van der Waals surface area contributed by atoms with Gasteiger partial charge in [0.1, 0.15) is 11.5 Å². The average Bonchev–Trinajstić information content (AvgIpc) is 3.32. The van der Waals surface area contributed by atoms with Gasteiger partial charge in [-0.1, -0.05) is 0 Å². The molecule has 0 aliphatic heterocycles. The fourth-order valence-electron chi connectivity index (χ4n) is 1.86. The number of rotatable bonds is 6. The van der Waals surface area contributed by atoms with Crippen LogP contribution in [0.4, 0.5) is 0 Å². The quantitative estimate of drug-likeness (QED) is 0.866. The molecule has 1 aromatic heterocycles. The minimum atomic E-state index is 0.482. The Bertz CT molecular complexity index is 632. The zero-order valence-electron chi connectivity index (χ0n) is 11.7. The summed E-state index contributed by atoms with van der Waals surface area (Å²) >= 11 is 3.46. The Morgan fingerprint density at radius 2 is 2.19 bits per heavy atom. The van der Waals surface area contributed by atoms with Gasteiger partial charge >= 0.3 is 0 Å². The van der Waals surface area contributed by atoms with Crippen molar-refractivity contribution in [1.82, 2.24) is 15.3 Å². The van der Waals surface area contributed by atoms with Gasteiger partial charge in [-0.25, -0.2) is 4.98 Å². The molecule has 1 fully saturated rings. The lowest BCUT2D eigenvalue weighted by Crippen LogP contribution is -2.16. The van der Waals surface area contributed by atoms with Gasteiger partial charge in [0.25, 0.3) is 0 Å². The van der Waals surface area contributed by atoms with Crippen LogP contribution in [0.1, 0.15) is 18.5 Å². The average molecular weight is 350 g/mol. The topological polar surface area (TPSA) is 56.3 Å². The molecule has 1 heterocycles. The Kier molecular flexibility index (Phi) is 4.36. The summed E-state index contributed by atoms with van der Waals surface area (Å²) in [4.78, 5) is 8.63. The molecule has 3 rings (SSSR count). The highest BCUT2D eigenvalue weighted by Crippen LogP contribution is 2.31. The van der Waals surface area contributed by atoms with Crippen molar-refractivity contribution in [2.75, 3.05) is 7.11 Å². The van der Waals surface area contributed by atoms with Gasteiger partial charge in [-0.15, -0.1) is 0 Å². The predicted molar refractivity (Wildman–Crippen MR) is 82.7 cm³/mol. The van der Waals surface area contributed by atoms with E-state index in [-0.39, 0.29) is 0 Å². The maximum Gasteiger partial charge on any atom is 0.238 e. The number of ether oxygens (including phenoxy) is 2. The number of aromatic nitrogens is 2. The van der Waals surface area contributed by atoms with Gasteiger partial charge < -0.3 is 14.8 Å². The molecular formula is C15H16BrN3O2. The van der Waals surface area contributed by atoms with Crippen LogP contribution in [0.2, 0.25) is 0 Å². The highest BCUT2D eigenvalue weighted by atomic mass is 79.9. The van der Waals surface area contributed by atoms with Crippen molar-refractivity contribution in [2.45, 2.75) is 25.4 Å². The highest BCUT2D eigenvalue weighted by Gasteiger charge is 2.20. The zero-order chi connectivity index (χ0) is 14.7. The van der Waals surface area contributed by atoms with E-state index in [2.05, 4.69) is 31.2 Å². The molecule has 0 saturated heterocycles. The van der Waals surface area contributed by atoms with Crippen LogP contribution in [0.15, 0.2) is 35.1 Å². The molecule has 1 aromatic carbocycles. The van der Waals surface area contributed by atoms with E-state index in [1.165, 1.54) is 12.8 Å². The van der Waals surface area contributed by atoms with Crippen LogP contribution in [-0.4, -0.2) is 23.1 Å². The van der Waals surface area contributed by atoms with Crippen LogP contribution >= 0.6 is 15.9 Å². The third-order valence-corrected chi connectivity index (χ3v) is 3.78. The number of hydrogen-bond donors (Lipinski definition) is 1. The van der Waals surface area contributed by atoms with Crippen molar-refractivity contribution in [3.05, 3.63) is 40.8 Å². The Morgan fingerprint density at radius 3 is 2.90 bits per heavy atom. The largest absolute Gasteiger partial charge is 0.497 e. The first-order chi connectivity index (χ1) is 10.2. The highest BCUT2D eigenvalue weighted by molar-refractivity contribution is 9.10. The zero-order valence-corrected chi connectivity index (χ0v) is 13.3. The van der Waals surface area contributed by atoms with E-state index >= 15 is 0 Å². The number of hydrogen-bond acceptors (Lipinski definition) is 5. The normalized spacial score (nSPS) is 14.0. The van der Waals surface area contributed by atoms with Crippen LogP contribution in [0.25, 0.3) is 0 Å². The number of methoxy groups -OCH3 is 1. The molecule has 0 bridgehead atoms. The van der Waals surface area contributed by atoms with Gasteiger partial charge in [0.15, 0.2) is 0 Å². The van der Waals surface area contributed by atoms with Crippen LogP contribution < -0.4 is 14.8 Å². The summed E-state index contributed by atoms with van der Waals surface area (Å²) < 4.78 is 11.7. The molecule has 0 amide bonds. The van der Waals surface area contributed by atoms with Gasteiger partial charge in [-0.3, -0.25) is 4.98 Å². The molecule has 0 spiro atoms. The van der Waals surface area contributed by atoms with Gasteiger partial charge in [0, 0.05) is 18.8 Å². The molecular weight excluding hydrogens is 334 g/mol. The van der Waals surface area contributed by atoms with Crippen LogP contribution in [0.5, 0.6) is 17.4 Å². The van der Waals surface area contributed by atoms with E-state index < -0.39 is 0 Å². The second-order valence-corrected chi connectivity index (χ2v) is 5.76. The second kappa shape index (κ2) is 6.41. The van der Waals surface area contributed by atoms with Crippen LogP contribution in [0.3, 0.4) is 0 Å². The number of nitrogens with one attached hydrogen (secondary N) is 1. The third kappa shape index (κ3) is 3.92. The number of benzene rings is 1. The van der Waals surface area contributed by atoms with E-state index in [9.17, 15) is 0 Å². The van der Waals surface area contributed by atoms with Crippen molar-refractivity contribution < 1.29 is 9.47 Å². The number of nitrogens with zero attached hydrogens (tertiary/aromatic N) is 2. The van der Waals surface area contributed by atoms with E-state index in [0.717, 1.165) is 22.5 Å². The van der Waals surface area contributed by atoms with Crippen LogP contribution in [0, 0.1) is 0 Å². The molecule has 110 valence electrons. The molecule has 2 aromatic rings. The summed E-state index contributed by atoms with van der Waals surface area (Å²) in [5.41, 5.74) is 0.879. The summed E-state index contributed by atoms with van der Waals surface area (Å²) in [5.74, 6) is 1.93. The first-order valence-electron chi connectivity index (χ1n) is 6.80. The summed E-state index contributed by atoms with van der Waals surface area (Å²) in [6, 6.07) is 6.17. The summed E-state index contributed by atoms with van der Waals surface area (Å²) in [7, 11) is 1.63. The predicted octanol–water partition coefficient (Wildman–Crippen LogP) is 3.29. The fraction of sp³-hybridized carbons (Fsp3) is 0.333. The van der Waals surface area contributed by atoms with E-state index in [1.807, 2.05) is 18.2 Å². The summed E-state index contributed by atoms with van der Waals surface area (Å²) in [5, 5.41) is 3.41. The van der Waals surface area contributed by atoms with Gasteiger partial charge in [-0.05, 0) is 47.0 Å². The monoisotopic (exact) mass is 349 g/mol. The molecule has 1 aliphatic carbocycles. The molecule has 0 atom stereocenters. The third-order valence-electron chi connectivity index (χ3n) is 3.17. The minimum Gasteiger partial charge on any atom is -0.497 e. The van der Waals surface area contributed by atoms with E-state index in [1.54, 1.807) is 19.5 Å². The maximum atomic E-state index is 5.77. The van der Waals surface area contributed by atoms with Gasteiger partial charge in [0.2, 0.25) is 5.88 Å². The van der Waals surface area contributed by atoms with E-state index in [4.69, 9.17) is 9.47 Å². The molecule has 21 heavy (non-hydrogen) atoms. The molecule has 1 N–H and O–H groups in total. The SMILES string of the molecule is COc1ccc(Oc2cncc(CNC3CC3)n2)c(Br)c1. The fourth-order valence-corrected chi connectivity index (χ4v) is 2.30. The van der Waals surface area contributed by atoms with Crippen molar-refractivity contribution in [1.29, 1.82) is 0 Å². The Morgan fingerprint density at radius 1 is 1.33 bits per heavy atom. The first kappa shape index (κ1) is 14.3. The molecule has 6 heteroatoms. The second-order valence-electron chi connectivity index (χ2n) is 4.90. The lowest BCUT2D eigenvalue weighted by atomic mass is 10.3. The standard InChI is InChI=1S/C15H16BrN3O2/c1-20-12-4-5-14(13(16)6-12)21-15-9-17-7-11(19-15)8-18-10-2-3-10/h4-7,9-10,18H,2-3,8H2,1H3.